The van der Waals surface area contributed by atoms with E-state index in [2.05, 4.69) is 10.6 Å². The zero-order chi connectivity index (χ0) is 19.7. The number of nitrogens with two attached hydrogens (primary N) is 1. The number of carbonyl (C=O) groups is 3. The monoisotopic (exact) mass is 363 g/mol. The lowest BCUT2D eigenvalue weighted by atomic mass is 10.2. The first-order valence-corrected chi connectivity index (χ1v) is 9.77. The summed E-state index contributed by atoms with van der Waals surface area (Å²) in [5.74, 6) is -0.183. The maximum atomic E-state index is 11.9. The van der Waals surface area contributed by atoms with Crippen LogP contribution in [-0.2, 0) is 14.4 Å². The molecule has 0 radical (unpaired) electrons. The molecule has 7 heteroatoms. The predicted molar refractivity (Wildman–Crippen MR) is 104 cm³/mol. The Labute approximate surface area is 152 Å². The standard InChI is InChI=1S/C13H25N3O3S.2C2H6/c1-5-15-13(19)11(6-12(18)16-8(2)3)20-7-10(14)9(4)17;2*1-2/h8,10-11H,5-7,14H2,1-4H3,(H,15,19)(H,16,18);2*1-2H3. The molecule has 2 amide bonds. The average Bonchev–Trinajstić information content (AvgIpc) is 2.54. The van der Waals surface area contributed by atoms with Crippen molar-refractivity contribution in [3.63, 3.8) is 0 Å². The van der Waals surface area contributed by atoms with E-state index in [1.54, 1.807) is 0 Å². The van der Waals surface area contributed by atoms with Gasteiger partial charge < -0.3 is 16.4 Å². The van der Waals surface area contributed by atoms with E-state index in [-0.39, 0.29) is 30.1 Å². The third-order valence-electron chi connectivity index (χ3n) is 2.46. The van der Waals surface area contributed by atoms with E-state index in [1.165, 1.54) is 18.7 Å². The molecule has 144 valence electrons. The molecular weight excluding hydrogens is 326 g/mol. The summed E-state index contributed by atoms with van der Waals surface area (Å²) in [6, 6.07) is -0.577. The van der Waals surface area contributed by atoms with Gasteiger partial charge in [-0.15, -0.1) is 11.8 Å². The Morgan fingerprint density at radius 3 is 1.96 bits per heavy atom. The fourth-order valence-corrected chi connectivity index (χ4v) is 2.58. The molecular formula is C17H37N3O3S. The van der Waals surface area contributed by atoms with Crippen molar-refractivity contribution in [3.05, 3.63) is 0 Å². The molecule has 0 aromatic rings. The average molecular weight is 364 g/mol. The van der Waals surface area contributed by atoms with Crippen molar-refractivity contribution in [2.45, 2.75) is 79.1 Å². The summed E-state index contributed by atoms with van der Waals surface area (Å²) < 4.78 is 0. The summed E-state index contributed by atoms with van der Waals surface area (Å²) in [5, 5.41) is 4.91. The molecule has 0 aromatic carbocycles. The molecule has 0 heterocycles. The minimum absolute atomic E-state index is 0.0295. The van der Waals surface area contributed by atoms with Crippen molar-refractivity contribution < 1.29 is 14.4 Å². The van der Waals surface area contributed by atoms with Crippen LogP contribution in [0, 0.1) is 0 Å². The lowest BCUT2D eigenvalue weighted by Crippen LogP contribution is -2.40. The number of hydrogen-bond donors (Lipinski definition) is 3. The molecule has 24 heavy (non-hydrogen) atoms. The Bertz CT molecular complexity index is 350. The Hall–Kier alpha value is -1.08. The molecule has 0 bridgehead atoms. The fraction of sp³-hybridized carbons (Fsp3) is 0.824. The summed E-state index contributed by atoms with van der Waals surface area (Å²) in [7, 11) is 0. The lowest BCUT2D eigenvalue weighted by Gasteiger charge is -2.18. The molecule has 2 atom stereocenters. The smallest absolute Gasteiger partial charge is 0.233 e. The number of hydrogen-bond acceptors (Lipinski definition) is 5. The molecule has 0 spiro atoms. The van der Waals surface area contributed by atoms with Crippen molar-refractivity contribution in [2.75, 3.05) is 12.3 Å². The van der Waals surface area contributed by atoms with Gasteiger partial charge in [0, 0.05) is 24.8 Å². The molecule has 0 aliphatic rings. The summed E-state index contributed by atoms with van der Waals surface area (Å²) in [6.07, 6.45) is 0.0826. The molecule has 0 fully saturated rings. The Balaban J connectivity index is -0.00000102. The van der Waals surface area contributed by atoms with Crippen molar-refractivity contribution in [2.24, 2.45) is 5.73 Å². The van der Waals surface area contributed by atoms with E-state index in [9.17, 15) is 14.4 Å². The quantitative estimate of drug-likeness (QED) is 0.582. The highest BCUT2D eigenvalue weighted by Gasteiger charge is 2.23. The van der Waals surface area contributed by atoms with Crippen LogP contribution in [0.4, 0.5) is 0 Å². The van der Waals surface area contributed by atoms with Crippen molar-refractivity contribution in [3.8, 4) is 0 Å². The molecule has 0 saturated heterocycles. The van der Waals surface area contributed by atoms with Crippen LogP contribution < -0.4 is 16.4 Å². The maximum Gasteiger partial charge on any atom is 0.233 e. The van der Waals surface area contributed by atoms with Gasteiger partial charge in [-0.1, -0.05) is 27.7 Å². The summed E-state index contributed by atoms with van der Waals surface area (Å²) in [5.41, 5.74) is 5.65. The predicted octanol–water partition coefficient (Wildman–Crippen LogP) is 2.11. The highest BCUT2D eigenvalue weighted by Crippen LogP contribution is 2.16. The van der Waals surface area contributed by atoms with Gasteiger partial charge in [0.2, 0.25) is 11.8 Å². The second kappa shape index (κ2) is 18.3. The van der Waals surface area contributed by atoms with Gasteiger partial charge in [0.15, 0.2) is 0 Å². The summed E-state index contributed by atoms with van der Waals surface area (Å²) >= 11 is 1.24. The van der Waals surface area contributed by atoms with E-state index >= 15 is 0 Å². The first-order chi connectivity index (χ1) is 11.3. The van der Waals surface area contributed by atoms with Gasteiger partial charge in [0.1, 0.15) is 5.78 Å². The van der Waals surface area contributed by atoms with E-state index < -0.39 is 11.3 Å². The van der Waals surface area contributed by atoms with Crippen LogP contribution in [0.15, 0.2) is 0 Å². The van der Waals surface area contributed by atoms with Gasteiger partial charge >= 0.3 is 0 Å². The second-order valence-corrected chi connectivity index (χ2v) is 6.10. The molecule has 0 saturated carbocycles. The molecule has 4 N–H and O–H groups in total. The van der Waals surface area contributed by atoms with Crippen LogP contribution >= 0.6 is 11.8 Å². The number of carbonyl (C=O) groups excluding carboxylic acids is 3. The van der Waals surface area contributed by atoms with Gasteiger partial charge in [-0.3, -0.25) is 14.4 Å². The zero-order valence-corrected chi connectivity index (χ0v) is 17.4. The van der Waals surface area contributed by atoms with E-state index in [1.807, 2.05) is 48.5 Å². The number of thioether (sulfide) groups is 1. The number of rotatable bonds is 9. The van der Waals surface area contributed by atoms with Gasteiger partial charge in [0.05, 0.1) is 11.3 Å². The zero-order valence-electron chi connectivity index (χ0n) is 16.6. The van der Waals surface area contributed by atoms with Crippen molar-refractivity contribution >= 4 is 29.4 Å². The first kappa shape index (κ1) is 27.8. The van der Waals surface area contributed by atoms with Crippen LogP contribution in [0.1, 0.15) is 61.8 Å². The molecule has 0 rings (SSSR count). The van der Waals surface area contributed by atoms with E-state index in [0.29, 0.717) is 12.3 Å². The Kier molecular flexibility index (Phi) is 21.1. The maximum absolute atomic E-state index is 11.9. The van der Waals surface area contributed by atoms with Gasteiger partial charge in [-0.05, 0) is 27.7 Å². The third-order valence-corrected chi connectivity index (χ3v) is 3.80. The van der Waals surface area contributed by atoms with Crippen molar-refractivity contribution in [1.82, 2.24) is 10.6 Å². The van der Waals surface area contributed by atoms with E-state index in [0.717, 1.165) is 0 Å². The number of amides is 2. The molecule has 0 aliphatic heterocycles. The normalized spacial score (nSPS) is 11.9. The highest BCUT2D eigenvalue weighted by atomic mass is 32.2. The summed E-state index contributed by atoms with van der Waals surface area (Å²) in [4.78, 5) is 34.8. The summed E-state index contributed by atoms with van der Waals surface area (Å²) in [6.45, 7) is 15.4. The minimum Gasteiger partial charge on any atom is -0.355 e. The SMILES string of the molecule is CC.CC.CCNC(=O)C(CC(=O)NC(C)C)SCC(N)C(C)=O. The number of ketones is 1. The second-order valence-electron chi connectivity index (χ2n) is 4.86. The number of Topliss-reactive ketones (excluding diaryl/α,β-unsaturated/α-hetero) is 1. The van der Waals surface area contributed by atoms with Crippen LogP contribution in [0.25, 0.3) is 0 Å². The molecule has 0 aliphatic carbocycles. The van der Waals surface area contributed by atoms with Crippen molar-refractivity contribution in [1.29, 1.82) is 0 Å². The van der Waals surface area contributed by atoms with Gasteiger partial charge in [-0.25, -0.2) is 0 Å². The van der Waals surface area contributed by atoms with Crippen LogP contribution in [0.3, 0.4) is 0 Å². The molecule has 2 unspecified atom stereocenters. The lowest BCUT2D eigenvalue weighted by molar-refractivity contribution is -0.126. The van der Waals surface area contributed by atoms with Gasteiger partial charge in [-0.2, -0.15) is 0 Å². The van der Waals surface area contributed by atoms with Crippen LogP contribution in [-0.4, -0.2) is 47.2 Å². The van der Waals surface area contributed by atoms with Crippen LogP contribution in [0.2, 0.25) is 0 Å². The fourth-order valence-electron chi connectivity index (χ4n) is 1.40. The number of nitrogens with one attached hydrogen (secondary N) is 2. The van der Waals surface area contributed by atoms with Gasteiger partial charge in [0.25, 0.3) is 0 Å². The topological polar surface area (TPSA) is 101 Å². The largest absolute Gasteiger partial charge is 0.355 e. The first-order valence-electron chi connectivity index (χ1n) is 8.72. The Morgan fingerprint density at radius 1 is 1.08 bits per heavy atom. The Morgan fingerprint density at radius 2 is 1.58 bits per heavy atom. The highest BCUT2D eigenvalue weighted by molar-refractivity contribution is 8.00. The van der Waals surface area contributed by atoms with E-state index in [4.69, 9.17) is 5.73 Å². The minimum atomic E-state index is -0.606. The molecule has 0 aromatic heterocycles. The van der Waals surface area contributed by atoms with Crippen LogP contribution in [0.5, 0.6) is 0 Å². The third kappa shape index (κ3) is 15.8. The molecule has 6 nitrogen and oxygen atoms in total.